The number of aromatic nitrogens is 1. The Morgan fingerprint density at radius 2 is 2.06 bits per heavy atom. The van der Waals surface area contributed by atoms with E-state index in [9.17, 15) is 5.11 Å². The number of thiazole rings is 1. The highest BCUT2D eigenvalue weighted by Gasteiger charge is 2.03. The second-order valence-corrected chi connectivity index (χ2v) is 5.06. The predicted octanol–water partition coefficient (Wildman–Crippen LogP) is 3.34. The van der Waals surface area contributed by atoms with Gasteiger partial charge in [0.05, 0.1) is 16.8 Å². The number of hydrogen-bond acceptors (Lipinski definition) is 4. The molecule has 0 amide bonds. The zero-order valence-electron chi connectivity index (χ0n) is 10.6. The molecule has 0 radical (unpaired) electrons. The first-order valence-corrected chi connectivity index (χ1v) is 6.91. The minimum Gasteiger partial charge on any atom is -0.487 e. The summed E-state index contributed by atoms with van der Waals surface area (Å²) in [5.41, 5.74) is 1.86. The van der Waals surface area contributed by atoms with E-state index >= 15 is 0 Å². The van der Waals surface area contributed by atoms with Crippen LogP contribution in [0.25, 0.3) is 0 Å². The molecule has 2 rings (SSSR count). The minimum absolute atomic E-state index is 0.440. The van der Waals surface area contributed by atoms with E-state index in [1.54, 1.807) is 18.3 Å². The van der Waals surface area contributed by atoms with Crippen LogP contribution >= 0.6 is 11.3 Å². The summed E-state index contributed by atoms with van der Waals surface area (Å²) in [6.07, 6.45) is 0.526. The van der Waals surface area contributed by atoms with Crippen molar-refractivity contribution in [2.75, 3.05) is 0 Å². The quantitative estimate of drug-likeness (QED) is 0.899. The van der Waals surface area contributed by atoms with Gasteiger partial charge in [-0.05, 0) is 31.0 Å². The van der Waals surface area contributed by atoms with Gasteiger partial charge in [0.1, 0.15) is 12.4 Å². The molecular weight excluding hydrogens is 246 g/mol. The Hall–Kier alpha value is -1.39. The molecule has 96 valence electrons. The molecule has 0 aliphatic heterocycles. The lowest BCUT2D eigenvalue weighted by molar-refractivity contribution is 0.199. The van der Waals surface area contributed by atoms with E-state index < -0.39 is 6.10 Å². The van der Waals surface area contributed by atoms with Crippen LogP contribution in [0.4, 0.5) is 0 Å². The number of aliphatic hydroxyl groups excluding tert-OH is 1. The summed E-state index contributed by atoms with van der Waals surface area (Å²) in [7, 11) is 0. The van der Waals surface area contributed by atoms with Gasteiger partial charge in [0, 0.05) is 5.38 Å². The summed E-state index contributed by atoms with van der Waals surface area (Å²) >= 11 is 1.67. The molecule has 2 aromatic rings. The van der Waals surface area contributed by atoms with Crippen molar-refractivity contribution in [1.29, 1.82) is 0 Å². The molecule has 1 aromatic heterocycles. The Morgan fingerprint density at radius 1 is 1.33 bits per heavy atom. The van der Waals surface area contributed by atoms with Crippen molar-refractivity contribution in [3.63, 3.8) is 0 Å². The number of ether oxygens (including phenoxy) is 1. The second kappa shape index (κ2) is 5.98. The van der Waals surface area contributed by atoms with E-state index in [0.29, 0.717) is 6.61 Å². The van der Waals surface area contributed by atoms with Gasteiger partial charge in [-0.1, -0.05) is 19.1 Å². The molecule has 1 N–H and O–H groups in total. The van der Waals surface area contributed by atoms with E-state index in [0.717, 1.165) is 28.4 Å². The summed E-state index contributed by atoms with van der Waals surface area (Å²) in [4.78, 5) is 4.44. The van der Waals surface area contributed by atoms with Crippen LogP contribution in [-0.4, -0.2) is 10.1 Å². The predicted molar refractivity (Wildman–Crippen MR) is 72.9 cm³/mol. The topological polar surface area (TPSA) is 42.4 Å². The molecule has 0 saturated heterocycles. The molecule has 4 heteroatoms. The normalized spacial score (nSPS) is 12.4. The Balaban J connectivity index is 1.93. The molecule has 0 aliphatic rings. The Kier molecular flexibility index (Phi) is 4.33. The number of hydrogen-bond donors (Lipinski definition) is 1. The van der Waals surface area contributed by atoms with Gasteiger partial charge in [0.2, 0.25) is 0 Å². The molecule has 0 aliphatic carbocycles. The van der Waals surface area contributed by atoms with Crippen LogP contribution in [0.5, 0.6) is 5.75 Å². The highest BCUT2D eigenvalue weighted by Crippen LogP contribution is 2.19. The third-order valence-corrected chi connectivity index (χ3v) is 3.69. The molecule has 1 unspecified atom stereocenters. The smallest absolute Gasteiger partial charge is 0.131 e. The van der Waals surface area contributed by atoms with Crippen molar-refractivity contribution < 1.29 is 9.84 Å². The van der Waals surface area contributed by atoms with E-state index in [1.165, 1.54) is 0 Å². The molecule has 0 bridgehead atoms. The number of nitrogens with zero attached hydrogens (tertiary/aromatic N) is 1. The number of benzene rings is 1. The van der Waals surface area contributed by atoms with Crippen molar-refractivity contribution >= 4 is 11.3 Å². The average molecular weight is 263 g/mol. The lowest BCUT2D eigenvalue weighted by atomic mass is 10.1. The highest BCUT2D eigenvalue weighted by atomic mass is 32.1. The monoisotopic (exact) mass is 263 g/mol. The molecule has 1 aromatic carbocycles. The number of aryl methyl sites for hydroxylation is 1. The van der Waals surface area contributed by atoms with Crippen LogP contribution in [0, 0.1) is 0 Å². The van der Waals surface area contributed by atoms with Crippen LogP contribution in [0.3, 0.4) is 0 Å². The highest BCUT2D eigenvalue weighted by molar-refractivity contribution is 7.09. The zero-order valence-corrected chi connectivity index (χ0v) is 11.4. The Labute approximate surface area is 111 Å². The Morgan fingerprint density at radius 3 is 2.61 bits per heavy atom. The fourth-order valence-corrected chi connectivity index (χ4v) is 2.31. The second-order valence-electron chi connectivity index (χ2n) is 4.12. The van der Waals surface area contributed by atoms with Crippen LogP contribution in [-0.2, 0) is 13.0 Å². The van der Waals surface area contributed by atoms with Crippen molar-refractivity contribution in [1.82, 2.24) is 4.98 Å². The van der Waals surface area contributed by atoms with Gasteiger partial charge in [-0.2, -0.15) is 0 Å². The van der Waals surface area contributed by atoms with Crippen LogP contribution in [0.2, 0.25) is 0 Å². The van der Waals surface area contributed by atoms with Gasteiger partial charge < -0.3 is 9.84 Å². The van der Waals surface area contributed by atoms with E-state index in [-0.39, 0.29) is 0 Å². The first-order chi connectivity index (χ1) is 8.69. The molecule has 0 spiro atoms. The first-order valence-electron chi connectivity index (χ1n) is 6.03. The van der Waals surface area contributed by atoms with Crippen LogP contribution in [0.1, 0.15) is 36.2 Å². The van der Waals surface area contributed by atoms with Gasteiger partial charge in [-0.15, -0.1) is 11.3 Å². The molecule has 0 fully saturated rings. The van der Waals surface area contributed by atoms with Crippen LogP contribution in [0.15, 0.2) is 29.6 Å². The van der Waals surface area contributed by atoms with Gasteiger partial charge >= 0.3 is 0 Å². The standard InChI is InChI=1S/C14H17NO2S/c1-3-14-15-12(9-18-14)8-17-13-6-4-11(5-7-13)10(2)16/h4-7,9-10,16H,3,8H2,1-2H3. The summed E-state index contributed by atoms with van der Waals surface area (Å²) in [6, 6.07) is 7.49. The molecular formula is C14H17NO2S. The summed E-state index contributed by atoms with van der Waals surface area (Å²) in [5.74, 6) is 0.797. The van der Waals surface area contributed by atoms with Gasteiger partial charge in [0.25, 0.3) is 0 Å². The van der Waals surface area contributed by atoms with E-state index in [2.05, 4.69) is 11.9 Å². The maximum Gasteiger partial charge on any atom is 0.131 e. The van der Waals surface area contributed by atoms with Crippen molar-refractivity contribution in [3.8, 4) is 5.75 Å². The van der Waals surface area contributed by atoms with Crippen molar-refractivity contribution in [3.05, 3.63) is 45.9 Å². The number of aliphatic hydroxyl groups is 1. The van der Waals surface area contributed by atoms with Crippen molar-refractivity contribution in [2.45, 2.75) is 33.0 Å². The summed E-state index contributed by atoms with van der Waals surface area (Å²) in [5, 5.41) is 12.6. The van der Waals surface area contributed by atoms with Gasteiger partial charge in [-0.25, -0.2) is 4.98 Å². The lowest BCUT2D eigenvalue weighted by Crippen LogP contribution is -1.97. The van der Waals surface area contributed by atoms with Gasteiger partial charge in [0.15, 0.2) is 0 Å². The van der Waals surface area contributed by atoms with E-state index in [4.69, 9.17) is 4.74 Å². The van der Waals surface area contributed by atoms with Crippen LogP contribution < -0.4 is 4.74 Å². The molecule has 1 atom stereocenters. The Bertz CT molecular complexity index is 491. The van der Waals surface area contributed by atoms with Crippen molar-refractivity contribution in [2.24, 2.45) is 0 Å². The fraction of sp³-hybridized carbons (Fsp3) is 0.357. The molecule has 3 nitrogen and oxygen atoms in total. The maximum atomic E-state index is 9.40. The molecule has 18 heavy (non-hydrogen) atoms. The van der Waals surface area contributed by atoms with E-state index in [1.807, 2.05) is 29.6 Å². The molecule has 1 heterocycles. The average Bonchev–Trinajstić information content (AvgIpc) is 2.85. The maximum absolute atomic E-state index is 9.40. The number of rotatable bonds is 5. The van der Waals surface area contributed by atoms with Gasteiger partial charge in [-0.3, -0.25) is 0 Å². The SMILES string of the molecule is CCc1nc(COc2ccc(C(C)O)cc2)cs1. The third-order valence-electron chi connectivity index (χ3n) is 2.65. The lowest BCUT2D eigenvalue weighted by Gasteiger charge is -2.07. The molecule has 0 saturated carbocycles. The third kappa shape index (κ3) is 3.31. The first kappa shape index (κ1) is 13.1. The summed E-state index contributed by atoms with van der Waals surface area (Å²) in [6.45, 7) is 4.33. The fourth-order valence-electron chi connectivity index (χ4n) is 1.58. The minimum atomic E-state index is -0.440. The largest absolute Gasteiger partial charge is 0.487 e. The summed E-state index contributed by atoms with van der Waals surface area (Å²) < 4.78 is 5.65. The zero-order chi connectivity index (χ0) is 13.0.